The first-order chi connectivity index (χ1) is 9.51. The summed E-state index contributed by atoms with van der Waals surface area (Å²) < 4.78 is 0. The summed E-state index contributed by atoms with van der Waals surface area (Å²) in [5.74, 6) is 0.694. The van der Waals surface area contributed by atoms with E-state index in [-0.39, 0.29) is 23.1 Å². The number of hydrogen-bond acceptors (Lipinski definition) is 4. The van der Waals surface area contributed by atoms with E-state index in [4.69, 9.17) is 17.3 Å². The van der Waals surface area contributed by atoms with Gasteiger partial charge < -0.3 is 5.73 Å². The molecule has 2 N–H and O–H groups in total. The Morgan fingerprint density at radius 1 is 1.52 bits per heavy atom. The molecule has 118 valence electrons. The van der Waals surface area contributed by atoms with Gasteiger partial charge in [-0.15, -0.1) is 12.4 Å². The third-order valence-corrected chi connectivity index (χ3v) is 4.28. The highest BCUT2D eigenvalue weighted by molar-refractivity contribution is 6.32. The first kappa shape index (κ1) is 18.2. The molecule has 0 aromatic heterocycles. The van der Waals surface area contributed by atoms with Gasteiger partial charge in [-0.3, -0.25) is 15.0 Å². The number of rotatable bonds is 4. The molecule has 1 aliphatic rings. The van der Waals surface area contributed by atoms with Crippen molar-refractivity contribution in [2.75, 3.05) is 13.1 Å². The van der Waals surface area contributed by atoms with Gasteiger partial charge in [0.2, 0.25) is 0 Å². The van der Waals surface area contributed by atoms with E-state index in [1.165, 1.54) is 0 Å². The second-order valence-electron chi connectivity index (χ2n) is 5.53. The van der Waals surface area contributed by atoms with E-state index >= 15 is 0 Å². The van der Waals surface area contributed by atoms with Gasteiger partial charge in [-0.05, 0) is 36.9 Å². The van der Waals surface area contributed by atoms with Gasteiger partial charge >= 0.3 is 0 Å². The van der Waals surface area contributed by atoms with Crippen molar-refractivity contribution in [1.82, 2.24) is 4.90 Å². The predicted molar refractivity (Wildman–Crippen MR) is 87.0 cm³/mol. The predicted octanol–water partition coefficient (Wildman–Crippen LogP) is 3.23. The van der Waals surface area contributed by atoms with Crippen molar-refractivity contribution in [2.24, 2.45) is 11.7 Å². The molecule has 0 radical (unpaired) electrons. The van der Waals surface area contributed by atoms with Crippen LogP contribution in [0.2, 0.25) is 5.02 Å². The zero-order valence-electron chi connectivity index (χ0n) is 12.0. The largest absolute Gasteiger partial charge is 0.329 e. The first-order valence-electron chi connectivity index (χ1n) is 6.88. The van der Waals surface area contributed by atoms with Crippen LogP contribution < -0.4 is 5.73 Å². The molecule has 1 heterocycles. The van der Waals surface area contributed by atoms with Crippen LogP contribution in [0.1, 0.15) is 25.3 Å². The van der Waals surface area contributed by atoms with E-state index in [2.05, 4.69) is 11.8 Å². The molecule has 5 nitrogen and oxygen atoms in total. The lowest BCUT2D eigenvalue weighted by molar-refractivity contribution is -0.384. The van der Waals surface area contributed by atoms with Crippen LogP contribution in [0.25, 0.3) is 0 Å². The van der Waals surface area contributed by atoms with Crippen LogP contribution in [0.4, 0.5) is 5.69 Å². The third-order valence-electron chi connectivity index (χ3n) is 3.96. The molecule has 0 amide bonds. The Morgan fingerprint density at radius 2 is 2.24 bits per heavy atom. The van der Waals surface area contributed by atoms with Crippen molar-refractivity contribution < 1.29 is 4.92 Å². The van der Waals surface area contributed by atoms with Gasteiger partial charge in [0.15, 0.2) is 0 Å². The highest BCUT2D eigenvalue weighted by Crippen LogP contribution is 2.28. The molecule has 7 heteroatoms. The Kier molecular flexibility index (Phi) is 6.87. The van der Waals surface area contributed by atoms with Gasteiger partial charge in [0, 0.05) is 25.2 Å². The topological polar surface area (TPSA) is 72.4 Å². The smallest absolute Gasteiger partial charge is 0.288 e. The van der Waals surface area contributed by atoms with Gasteiger partial charge in [-0.25, -0.2) is 0 Å². The van der Waals surface area contributed by atoms with Crippen LogP contribution in [0.3, 0.4) is 0 Å². The van der Waals surface area contributed by atoms with Gasteiger partial charge in [-0.1, -0.05) is 24.6 Å². The maximum Gasteiger partial charge on any atom is 0.288 e. The van der Waals surface area contributed by atoms with E-state index in [0.29, 0.717) is 25.0 Å². The average molecular weight is 334 g/mol. The average Bonchev–Trinajstić information content (AvgIpc) is 2.42. The fraction of sp³-hybridized carbons (Fsp3) is 0.571. The summed E-state index contributed by atoms with van der Waals surface area (Å²) in [7, 11) is 0. The van der Waals surface area contributed by atoms with E-state index in [1.54, 1.807) is 12.1 Å². The number of halogens is 2. The van der Waals surface area contributed by atoms with Crippen molar-refractivity contribution in [3.8, 4) is 0 Å². The fourth-order valence-corrected chi connectivity index (χ4v) is 2.97. The van der Waals surface area contributed by atoms with Gasteiger partial charge in [-0.2, -0.15) is 0 Å². The molecule has 2 rings (SSSR count). The minimum atomic E-state index is -0.440. The SMILES string of the molecule is CC1CCN(Cc2ccc(Cl)c([N+](=O)[O-])c2)C(CN)C1.Cl. The molecule has 1 aromatic carbocycles. The van der Waals surface area contributed by atoms with E-state index in [1.807, 2.05) is 6.07 Å². The zero-order chi connectivity index (χ0) is 14.7. The van der Waals surface area contributed by atoms with Crippen LogP contribution in [0.5, 0.6) is 0 Å². The molecule has 2 unspecified atom stereocenters. The number of nitro groups is 1. The van der Waals surface area contributed by atoms with E-state index in [9.17, 15) is 10.1 Å². The van der Waals surface area contributed by atoms with Crippen LogP contribution in [0.15, 0.2) is 18.2 Å². The lowest BCUT2D eigenvalue weighted by Gasteiger charge is -2.38. The number of benzene rings is 1. The lowest BCUT2D eigenvalue weighted by atomic mass is 9.92. The number of piperidine rings is 1. The highest BCUT2D eigenvalue weighted by atomic mass is 35.5. The molecule has 2 atom stereocenters. The summed E-state index contributed by atoms with van der Waals surface area (Å²) in [4.78, 5) is 12.8. The fourth-order valence-electron chi connectivity index (χ4n) is 2.78. The van der Waals surface area contributed by atoms with Crippen molar-refractivity contribution in [1.29, 1.82) is 0 Å². The Labute approximate surface area is 136 Å². The maximum absolute atomic E-state index is 10.9. The molecule has 0 spiro atoms. The van der Waals surface area contributed by atoms with Crippen molar-refractivity contribution >= 4 is 29.7 Å². The summed E-state index contributed by atoms with van der Waals surface area (Å²) >= 11 is 5.83. The number of nitro benzene ring substituents is 1. The highest BCUT2D eigenvalue weighted by Gasteiger charge is 2.25. The van der Waals surface area contributed by atoms with Crippen molar-refractivity contribution in [3.63, 3.8) is 0 Å². The lowest BCUT2D eigenvalue weighted by Crippen LogP contribution is -2.45. The van der Waals surface area contributed by atoms with E-state index < -0.39 is 4.92 Å². The summed E-state index contributed by atoms with van der Waals surface area (Å²) in [5, 5.41) is 11.1. The van der Waals surface area contributed by atoms with Gasteiger partial charge in [0.1, 0.15) is 5.02 Å². The molecule has 1 aliphatic heterocycles. The zero-order valence-corrected chi connectivity index (χ0v) is 13.6. The van der Waals surface area contributed by atoms with Crippen LogP contribution in [-0.2, 0) is 6.54 Å². The monoisotopic (exact) mass is 333 g/mol. The maximum atomic E-state index is 10.9. The number of nitrogens with zero attached hydrogens (tertiary/aromatic N) is 2. The second-order valence-corrected chi connectivity index (χ2v) is 5.94. The molecule has 1 saturated heterocycles. The quantitative estimate of drug-likeness (QED) is 0.678. The summed E-state index contributed by atoms with van der Waals surface area (Å²) in [6.07, 6.45) is 2.23. The number of hydrogen-bond donors (Lipinski definition) is 1. The number of likely N-dealkylation sites (tertiary alicyclic amines) is 1. The Hall–Kier alpha value is -0.880. The Morgan fingerprint density at radius 3 is 2.86 bits per heavy atom. The summed E-state index contributed by atoms with van der Waals surface area (Å²) in [5.41, 5.74) is 6.72. The van der Waals surface area contributed by atoms with Crippen LogP contribution in [0, 0.1) is 16.0 Å². The molecule has 0 bridgehead atoms. The standard InChI is InChI=1S/C14H20ClN3O2.ClH/c1-10-4-5-17(12(6-10)8-16)9-11-2-3-13(15)14(7-11)18(19)20;/h2-3,7,10,12H,4-6,8-9,16H2,1H3;1H. The van der Waals surface area contributed by atoms with Crippen LogP contribution in [-0.4, -0.2) is 29.0 Å². The van der Waals surface area contributed by atoms with Gasteiger partial charge in [0.25, 0.3) is 5.69 Å². The molecular weight excluding hydrogens is 313 g/mol. The Balaban J connectivity index is 0.00000220. The molecule has 1 fully saturated rings. The minimum absolute atomic E-state index is 0. The first-order valence-corrected chi connectivity index (χ1v) is 7.26. The summed E-state index contributed by atoms with van der Waals surface area (Å²) in [6, 6.07) is 5.36. The molecular formula is C14H21Cl2N3O2. The Bertz CT molecular complexity index is 499. The normalized spacial score (nSPS) is 22.6. The van der Waals surface area contributed by atoms with Gasteiger partial charge in [0.05, 0.1) is 4.92 Å². The molecule has 0 saturated carbocycles. The molecule has 0 aliphatic carbocycles. The van der Waals surface area contributed by atoms with E-state index in [0.717, 1.165) is 24.9 Å². The van der Waals surface area contributed by atoms with Crippen LogP contribution >= 0.6 is 24.0 Å². The second kappa shape index (κ2) is 7.94. The molecule has 1 aromatic rings. The third kappa shape index (κ3) is 4.54. The van der Waals surface area contributed by atoms with Crippen molar-refractivity contribution in [2.45, 2.75) is 32.4 Å². The summed E-state index contributed by atoms with van der Waals surface area (Å²) in [6.45, 7) is 4.54. The number of nitrogens with two attached hydrogens (primary N) is 1. The van der Waals surface area contributed by atoms with Crippen molar-refractivity contribution in [3.05, 3.63) is 38.9 Å². The molecule has 21 heavy (non-hydrogen) atoms. The minimum Gasteiger partial charge on any atom is -0.329 e.